The van der Waals surface area contributed by atoms with E-state index in [9.17, 15) is 27.6 Å². The number of fused-ring (bicyclic) bond motifs is 1. The number of carbonyl (C=O) groups is 3. The number of hydrogen-bond acceptors (Lipinski definition) is 4. The largest absolute Gasteiger partial charge is 0.471 e. The van der Waals surface area contributed by atoms with E-state index in [4.69, 9.17) is 4.74 Å². The molecule has 120 valence electrons. The lowest BCUT2D eigenvalue weighted by Crippen LogP contribution is -2.39. The van der Waals surface area contributed by atoms with Gasteiger partial charge in [0.25, 0.3) is 0 Å². The highest BCUT2D eigenvalue weighted by Crippen LogP contribution is 2.29. The highest BCUT2D eigenvalue weighted by Gasteiger charge is 2.41. The van der Waals surface area contributed by atoms with Crippen molar-refractivity contribution in [1.82, 2.24) is 10.3 Å². The Bertz CT molecular complexity index is 636. The Balaban J connectivity index is 2.31. The van der Waals surface area contributed by atoms with Gasteiger partial charge >= 0.3 is 12.1 Å². The van der Waals surface area contributed by atoms with E-state index in [-0.39, 0.29) is 23.2 Å². The molecule has 0 radical (unpaired) electrons. The fourth-order valence-corrected chi connectivity index (χ4v) is 2.35. The van der Waals surface area contributed by atoms with Gasteiger partial charge in [-0.25, -0.2) is 0 Å². The molecule has 1 heterocycles. The maximum absolute atomic E-state index is 12.3. The Morgan fingerprint density at radius 2 is 2.09 bits per heavy atom. The number of aromatic amines is 1. The normalized spacial score (nSPS) is 19.8. The van der Waals surface area contributed by atoms with Crippen LogP contribution in [-0.4, -0.2) is 41.8 Å². The zero-order valence-electron chi connectivity index (χ0n) is 11.7. The van der Waals surface area contributed by atoms with Crippen molar-refractivity contribution < 1.29 is 32.3 Å². The fourth-order valence-electron chi connectivity index (χ4n) is 2.35. The van der Waals surface area contributed by atoms with Gasteiger partial charge in [-0.15, -0.1) is 0 Å². The molecule has 1 aliphatic rings. The summed E-state index contributed by atoms with van der Waals surface area (Å²) in [6.45, 7) is 1.30. The van der Waals surface area contributed by atoms with Crippen LogP contribution in [0, 0.1) is 0 Å². The van der Waals surface area contributed by atoms with Crippen LogP contribution in [0.25, 0.3) is 0 Å². The van der Waals surface area contributed by atoms with E-state index in [0.717, 1.165) is 0 Å². The Morgan fingerprint density at radius 1 is 1.45 bits per heavy atom. The molecule has 6 nitrogen and oxygen atoms in total. The van der Waals surface area contributed by atoms with Gasteiger partial charge in [0.2, 0.25) is 5.78 Å². The second-order valence-corrected chi connectivity index (χ2v) is 4.90. The molecule has 0 aliphatic heterocycles. The summed E-state index contributed by atoms with van der Waals surface area (Å²) >= 11 is 0. The van der Waals surface area contributed by atoms with Crippen molar-refractivity contribution in [3.05, 3.63) is 23.0 Å². The second-order valence-electron chi connectivity index (χ2n) is 4.90. The maximum atomic E-state index is 12.3. The molecule has 1 aromatic rings. The van der Waals surface area contributed by atoms with Crippen molar-refractivity contribution in [2.45, 2.75) is 31.7 Å². The van der Waals surface area contributed by atoms with Gasteiger partial charge < -0.3 is 15.0 Å². The highest BCUT2D eigenvalue weighted by atomic mass is 19.4. The number of ketones is 2. The summed E-state index contributed by atoms with van der Waals surface area (Å²) in [6, 6.07) is -1.08. The highest BCUT2D eigenvalue weighted by molar-refractivity contribution is 6.16. The van der Waals surface area contributed by atoms with E-state index in [1.165, 1.54) is 20.2 Å². The van der Waals surface area contributed by atoms with Gasteiger partial charge in [0.1, 0.15) is 6.10 Å². The van der Waals surface area contributed by atoms with Crippen molar-refractivity contribution in [1.29, 1.82) is 0 Å². The molecule has 0 saturated heterocycles. The van der Waals surface area contributed by atoms with Crippen molar-refractivity contribution in [3.8, 4) is 0 Å². The Labute approximate surface area is 123 Å². The molecule has 2 N–H and O–H groups in total. The third-order valence-corrected chi connectivity index (χ3v) is 3.46. The lowest BCUT2D eigenvalue weighted by atomic mass is 9.89. The molecule has 2 rings (SSSR count). The smallest absolute Gasteiger partial charge is 0.373 e. The Morgan fingerprint density at radius 3 is 2.64 bits per heavy atom. The molecule has 1 amide bonds. The van der Waals surface area contributed by atoms with Gasteiger partial charge in [-0.1, -0.05) is 0 Å². The number of halogens is 3. The molecule has 2 atom stereocenters. The van der Waals surface area contributed by atoms with E-state index in [2.05, 4.69) is 4.98 Å². The monoisotopic (exact) mass is 318 g/mol. The van der Waals surface area contributed by atoms with Crippen LogP contribution in [0.1, 0.15) is 45.8 Å². The lowest BCUT2D eigenvalue weighted by Gasteiger charge is -2.21. The number of hydrogen-bond donors (Lipinski definition) is 2. The van der Waals surface area contributed by atoms with E-state index in [1.54, 1.807) is 5.32 Å². The summed E-state index contributed by atoms with van der Waals surface area (Å²) < 4.78 is 41.7. The van der Waals surface area contributed by atoms with Crippen molar-refractivity contribution in [2.75, 3.05) is 7.11 Å². The summed E-state index contributed by atoms with van der Waals surface area (Å²) in [6.07, 6.45) is -4.87. The molecule has 0 saturated carbocycles. The minimum absolute atomic E-state index is 0.00766. The number of alkyl halides is 3. The summed E-state index contributed by atoms with van der Waals surface area (Å²) in [4.78, 5) is 37.7. The quantitative estimate of drug-likeness (QED) is 0.885. The Hall–Kier alpha value is -2.16. The van der Waals surface area contributed by atoms with Crippen LogP contribution in [0.5, 0.6) is 0 Å². The predicted molar refractivity (Wildman–Crippen MR) is 67.5 cm³/mol. The molecule has 2 unspecified atom stereocenters. The summed E-state index contributed by atoms with van der Waals surface area (Å²) in [7, 11) is 1.29. The molecule has 0 spiro atoms. The molecule has 1 aliphatic carbocycles. The van der Waals surface area contributed by atoms with Gasteiger partial charge in [0.15, 0.2) is 5.78 Å². The first kappa shape index (κ1) is 16.2. The molecule has 22 heavy (non-hydrogen) atoms. The zero-order chi connectivity index (χ0) is 16.7. The van der Waals surface area contributed by atoms with Gasteiger partial charge in [-0.3, -0.25) is 14.4 Å². The predicted octanol–water partition coefficient (Wildman–Crippen LogP) is 1.54. The summed E-state index contributed by atoms with van der Waals surface area (Å²) in [5.74, 6) is -2.98. The molecule has 1 aromatic heterocycles. The summed E-state index contributed by atoms with van der Waals surface area (Å²) in [5, 5.41) is 1.75. The third-order valence-electron chi connectivity index (χ3n) is 3.46. The van der Waals surface area contributed by atoms with Crippen LogP contribution in [-0.2, 0) is 9.53 Å². The van der Waals surface area contributed by atoms with E-state index in [0.29, 0.717) is 0 Å². The number of carbonyl (C=O) groups excluding carboxylic acids is 3. The minimum atomic E-state index is -5.02. The average molecular weight is 318 g/mol. The zero-order valence-corrected chi connectivity index (χ0v) is 11.7. The SMILES string of the molecule is COC1CC(=O)c2c(C(C)NC(=O)C(F)(F)F)c[nH]c2C1=O. The second kappa shape index (κ2) is 5.56. The molecular weight excluding hydrogens is 305 g/mol. The van der Waals surface area contributed by atoms with Crippen molar-refractivity contribution in [3.63, 3.8) is 0 Å². The average Bonchev–Trinajstić information content (AvgIpc) is 2.87. The van der Waals surface area contributed by atoms with Crippen molar-refractivity contribution in [2.24, 2.45) is 0 Å². The molecule has 0 aromatic carbocycles. The minimum Gasteiger partial charge on any atom is -0.373 e. The molecular formula is C13H13F3N2O4. The molecule has 0 fully saturated rings. The standard InChI is InChI=1S/C13H13F3N2O4/c1-5(18-12(21)13(14,15)16)6-4-17-10-9(6)7(19)3-8(22-2)11(10)20/h4-5,8,17H,3H2,1-2H3,(H,18,21). The number of rotatable bonds is 3. The van der Waals surface area contributed by atoms with Gasteiger partial charge in [0.05, 0.1) is 17.3 Å². The summed E-state index contributed by atoms with van der Waals surface area (Å²) in [5.41, 5.74) is 0.139. The number of nitrogens with one attached hydrogen (secondary N) is 2. The maximum Gasteiger partial charge on any atom is 0.471 e. The van der Waals surface area contributed by atoms with Crippen LogP contribution in [0.2, 0.25) is 0 Å². The van der Waals surface area contributed by atoms with Crippen LogP contribution < -0.4 is 5.32 Å². The first-order valence-corrected chi connectivity index (χ1v) is 6.36. The third kappa shape index (κ3) is 2.76. The van der Waals surface area contributed by atoms with Crippen LogP contribution in [0.4, 0.5) is 13.2 Å². The lowest BCUT2D eigenvalue weighted by molar-refractivity contribution is -0.174. The van der Waals surface area contributed by atoms with Crippen molar-refractivity contribution >= 4 is 17.5 Å². The number of Topliss-reactive ketones (excluding diaryl/α,β-unsaturated/α-hetero) is 2. The molecule has 9 heteroatoms. The van der Waals surface area contributed by atoms with Gasteiger partial charge in [-0.2, -0.15) is 13.2 Å². The number of amides is 1. The number of aromatic nitrogens is 1. The number of H-pyrrole nitrogens is 1. The van der Waals surface area contributed by atoms with E-state index in [1.807, 2.05) is 0 Å². The van der Waals surface area contributed by atoms with E-state index < -0.39 is 35.8 Å². The molecule has 0 bridgehead atoms. The van der Waals surface area contributed by atoms with Gasteiger partial charge in [0, 0.05) is 25.3 Å². The first-order chi connectivity index (χ1) is 10.2. The van der Waals surface area contributed by atoms with Gasteiger partial charge in [-0.05, 0) is 6.92 Å². The van der Waals surface area contributed by atoms with Crippen LogP contribution in [0.3, 0.4) is 0 Å². The first-order valence-electron chi connectivity index (χ1n) is 6.36. The van der Waals surface area contributed by atoms with Crippen LogP contribution in [0.15, 0.2) is 6.20 Å². The topological polar surface area (TPSA) is 88.3 Å². The number of methoxy groups -OCH3 is 1. The van der Waals surface area contributed by atoms with Crippen LogP contribution >= 0.6 is 0 Å². The fraction of sp³-hybridized carbons (Fsp3) is 0.462. The Kier molecular flexibility index (Phi) is 4.10. The van der Waals surface area contributed by atoms with E-state index >= 15 is 0 Å². The number of ether oxygens (including phenoxy) is 1.